The van der Waals surface area contributed by atoms with E-state index < -0.39 is 49.4 Å². The van der Waals surface area contributed by atoms with Gasteiger partial charge in [0.25, 0.3) is 12.0 Å². The number of aryl methyl sites for hydroxylation is 2. The molecule has 0 radical (unpaired) electrons. The van der Waals surface area contributed by atoms with Crippen LogP contribution in [0.25, 0.3) is 11.2 Å². The lowest BCUT2D eigenvalue weighted by atomic mass is 9.97. The van der Waals surface area contributed by atoms with Crippen LogP contribution in [0.4, 0.5) is 19.1 Å². The number of aliphatic hydroxyl groups excluding tert-OH is 1. The Hall–Kier alpha value is -3.49. The lowest BCUT2D eigenvalue weighted by molar-refractivity contribution is -0.191. The predicted octanol–water partition coefficient (Wildman–Crippen LogP) is 3.95. The fourth-order valence-corrected chi connectivity index (χ4v) is 6.13. The van der Waals surface area contributed by atoms with Crippen LogP contribution in [0.2, 0.25) is 0 Å². The van der Waals surface area contributed by atoms with Gasteiger partial charge in [-0.2, -0.15) is 4.98 Å². The van der Waals surface area contributed by atoms with E-state index in [4.69, 9.17) is 35.8 Å². The molecule has 1 aliphatic rings. The molecule has 1 fully saturated rings. The molecule has 11 nitrogen and oxygen atoms in total. The Morgan fingerprint density at radius 3 is 2.24 bits per heavy atom. The SMILES string of the molecule is Cc1ccc(OP(=S)(OC[C@@]2(C(F)F)O[C@@H](n3cnc4c(=O)[nH]c(N)nc43)[C@@H](F)[C@@H]2O)Oc2ccc(C)cc2)cc1. The summed E-state index contributed by atoms with van der Waals surface area (Å²) in [6, 6.07) is 13.4. The Morgan fingerprint density at radius 1 is 1.15 bits per heavy atom. The number of rotatable bonds is 9. The van der Waals surface area contributed by atoms with Crippen LogP contribution in [-0.4, -0.2) is 55.5 Å². The third-order valence-electron chi connectivity index (χ3n) is 6.43. The number of hydrogen-bond acceptors (Lipinski definition) is 10. The molecule has 0 bridgehead atoms. The lowest BCUT2D eigenvalue weighted by Crippen LogP contribution is -2.52. The van der Waals surface area contributed by atoms with E-state index in [1.165, 1.54) is 0 Å². The van der Waals surface area contributed by atoms with Gasteiger partial charge in [-0.1, -0.05) is 35.4 Å². The summed E-state index contributed by atoms with van der Waals surface area (Å²) in [7, 11) is 0. The summed E-state index contributed by atoms with van der Waals surface area (Å²) < 4.78 is 68.5. The summed E-state index contributed by atoms with van der Waals surface area (Å²) in [5.41, 5.74) is 3.33. The summed E-state index contributed by atoms with van der Waals surface area (Å²) in [5.74, 6) is 0.166. The number of nitrogen functional groups attached to an aromatic ring is 1. The number of nitrogens with one attached hydrogen (secondary N) is 1. The van der Waals surface area contributed by atoms with Gasteiger partial charge in [0.05, 0.1) is 12.9 Å². The molecule has 3 heterocycles. The molecule has 0 amide bonds. The number of aromatic nitrogens is 4. The van der Waals surface area contributed by atoms with Gasteiger partial charge in [-0.25, -0.2) is 18.2 Å². The van der Waals surface area contributed by atoms with E-state index >= 15 is 4.39 Å². The molecular weight excluding hydrogens is 586 g/mol. The van der Waals surface area contributed by atoms with Crippen LogP contribution in [0, 0.1) is 13.8 Å². The molecule has 5 rings (SSSR count). The van der Waals surface area contributed by atoms with E-state index in [9.17, 15) is 18.7 Å². The van der Waals surface area contributed by atoms with Crippen LogP contribution < -0.4 is 20.3 Å². The first-order chi connectivity index (χ1) is 19.4. The van der Waals surface area contributed by atoms with Crippen LogP contribution in [0.5, 0.6) is 11.5 Å². The maximum atomic E-state index is 15.5. The number of hydrogen-bond donors (Lipinski definition) is 3. The second-order valence-electron chi connectivity index (χ2n) is 9.46. The number of nitrogens with two attached hydrogens (primary N) is 1. The number of anilines is 1. The summed E-state index contributed by atoms with van der Waals surface area (Å²) >= 11 is 5.56. The van der Waals surface area contributed by atoms with Crippen molar-refractivity contribution in [3.63, 3.8) is 0 Å². The molecule has 0 aliphatic carbocycles. The Labute approximate surface area is 236 Å². The number of benzene rings is 2. The van der Waals surface area contributed by atoms with Gasteiger partial charge in [-0.05, 0) is 38.1 Å². The molecule has 1 aliphatic heterocycles. The summed E-state index contributed by atoms with van der Waals surface area (Å²) in [5, 5.41) is 10.8. The molecule has 1 saturated heterocycles. The highest BCUT2D eigenvalue weighted by Gasteiger charge is 2.62. The first-order valence-corrected chi connectivity index (χ1v) is 14.7. The van der Waals surface area contributed by atoms with Gasteiger partial charge < -0.3 is 24.6 Å². The molecule has 4 aromatic rings. The number of halogens is 3. The first-order valence-electron chi connectivity index (χ1n) is 12.2. The van der Waals surface area contributed by atoms with Gasteiger partial charge in [-0.15, -0.1) is 0 Å². The van der Waals surface area contributed by atoms with E-state index in [-0.39, 0.29) is 28.6 Å². The summed E-state index contributed by atoms with van der Waals surface area (Å²) in [4.78, 5) is 22.1. The van der Waals surface area contributed by atoms with Gasteiger partial charge in [0.15, 0.2) is 29.2 Å². The molecule has 2 aromatic carbocycles. The molecule has 4 N–H and O–H groups in total. The number of nitrogens with zero attached hydrogens (tertiary/aromatic N) is 3. The highest BCUT2D eigenvalue weighted by atomic mass is 32.5. The molecule has 4 atom stereocenters. The molecule has 0 unspecified atom stereocenters. The van der Waals surface area contributed by atoms with Gasteiger partial charge >= 0.3 is 6.72 Å². The average Bonchev–Trinajstić information content (AvgIpc) is 3.45. The smallest absolute Gasteiger partial charge is 0.416 e. The van der Waals surface area contributed by atoms with Crippen LogP contribution in [0.1, 0.15) is 17.4 Å². The van der Waals surface area contributed by atoms with E-state index in [1.807, 2.05) is 13.8 Å². The highest BCUT2D eigenvalue weighted by Crippen LogP contribution is 2.53. The molecule has 16 heteroatoms. The van der Waals surface area contributed by atoms with Crippen molar-refractivity contribution < 1.29 is 36.6 Å². The number of aromatic amines is 1. The zero-order valence-electron chi connectivity index (χ0n) is 21.6. The monoisotopic (exact) mass is 611 g/mol. The zero-order chi connectivity index (χ0) is 29.5. The van der Waals surface area contributed by atoms with Gasteiger partial charge in [0, 0.05) is 11.8 Å². The molecule has 218 valence electrons. The van der Waals surface area contributed by atoms with E-state index in [0.29, 0.717) is 0 Å². The van der Waals surface area contributed by atoms with Gasteiger partial charge in [0.1, 0.15) is 17.6 Å². The average molecular weight is 612 g/mol. The Morgan fingerprint density at radius 2 is 1.71 bits per heavy atom. The standard InChI is InChI=1S/C25H25F3N5O6PS/c1-13-3-7-15(8-4-13)38-40(41,39-16-9-5-14(2)6-10-16)36-11-25(23(27)28)19(34)17(26)22(37-25)33-12-30-18-20(33)31-24(29)32-21(18)35/h3-10,12,17,19,22-23,34H,11H2,1-2H3,(H3,29,31,32,35)/t17-,19-,22+,25+/m0/s1. The topological polar surface area (TPSA) is 147 Å². The van der Waals surface area contributed by atoms with E-state index in [1.54, 1.807) is 48.5 Å². The first kappa shape index (κ1) is 29.0. The van der Waals surface area contributed by atoms with Crippen LogP contribution in [0.15, 0.2) is 59.7 Å². The minimum absolute atomic E-state index is 0.229. The summed E-state index contributed by atoms with van der Waals surface area (Å²) in [6.07, 6.45) is -9.16. The summed E-state index contributed by atoms with van der Waals surface area (Å²) in [6.45, 7) is -1.31. The molecular formula is C25H25F3N5O6PS. The van der Waals surface area contributed by atoms with Crippen molar-refractivity contribution >= 4 is 35.6 Å². The fraction of sp³-hybridized carbons (Fsp3) is 0.320. The quantitative estimate of drug-likeness (QED) is 0.238. The molecule has 41 heavy (non-hydrogen) atoms. The Bertz CT molecular complexity index is 1600. The Balaban J connectivity index is 1.46. The number of H-pyrrole nitrogens is 1. The van der Waals surface area contributed by atoms with E-state index in [0.717, 1.165) is 22.0 Å². The van der Waals surface area contributed by atoms with Crippen LogP contribution in [0.3, 0.4) is 0 Å². The second-order valence-corrected chi connectivity index (χ2v) is 12.3. The number of aliphatic hydroxyl groups is 1. The van der Waals surface area contributed by atoms with Crippen molar-refractivity contribution in [1.29, 1.82) is 0 Å². The largest absolute Gasteiger partial charge is 0.435 e. The molecule has 0 saturated carbocycles. The van der Waals surface area contributed by atoms with Crippen LogP contribution in [-0.2, 0) is 21.1 Å². The van der Waals surface area contributed by atoms with Crippen molar-refractivity contribution in [2.45, 2.75) is 44.4 Å². The van der Waals surface area contributed by atoms with Gasteiger partial charge in [0.2, 0.25) is 5.95 Å². The third kappa shape index (κ3) is 5.68. The van der Waals surface area contributed by atoms with Crippen LogP contribution >= 0.6 is 6.72 Å². The molecule has 2 aromatic heterocycles. The highest BCUT2D eigenvalue weighted by molar-refractivity contribution is 8.07. The number of alkyl halides is 3. The third-order valence-corrected chi connectivity index (χ3v) is 8.51. The minimum Gasteiger partial charge on any atom is -0.416 e. The van der Waals surface area contributed by atoms with Crippen molar-refractivity contribution in [2.75, 3.05) is 12.3 Å². The number of ether oxygens (including phenoxy) is 1. The Kier molecular flexibility index (Phi) is 7.83. The van der Waals surface area contributed by atoms with E-state index in [2.05, 4.69) is 15.0 Å². The second kappa shape index (κ2) is 11.1. The van der Waals surface area contributed by atoms with Crippen molar-refractivity contribution in [3.05, 3.63) is 76.3 Å². The van der Waals surface area contributed by atoms with Crippen molar-refractivity contribution in [2.24, 2.45) is 0 Å². The van der Waals surface area contributed by atoms with Crippen molar-refractivity contribution in [3.8, 4) is 11.5 Å². The maximum absolute atomic E-state index is 15.5. The van der Waals surface area contributed by atoms with Crippen molar-refractivity contribution in [1.82, 2.24) is 19.5 Å². The number of imidazole rings is 1. The fourth-order valence-electron chi connectivity index (χ4n) is 4.20. The molecule has 0 spiro atoms. The number of fused-ring (bicyclic) bond motifs is 1. The zero-order valence-corrected chi connectivity index (χ0v) is 23.3. The van der Waals surface area contributed by atoms with Gasteiger partial charge in [-0.3, -0.25) is 18.9 Å². The maximum Gasteiger partial charge on any atom is 0.435 e. The lowest BCUT2D eigenvalue weighted by Gasteiger charge is -2.32. The minimum atomic E-state index is -3.91. The normalized spacial score (nSPS) is 22.9. The predicted molar refractivity (Wildman–Crippen MR) is 146 cm³/mol.